The maximum atomic E-state index is 13.2. The van der Waals surface area contributed by atoms with E-state index in [9.17, 15) is 14.3 Å². The molecule has 2 aromatic rings. The molecule has 1 aliphatic rings. The summed E-state index contributed by atoms with van der Waals surface area (Å²) in [6, 6.07) is 4.01. The molecule has 1 aromatic heterocycles. The monoisotopic (exact) mass is 234 g/mol. The largest absolute Gasteiger partial charge is 0.391 e. The van der Waals surface area contributed by atoms with Gasteiger partial charge in [-0.1, -0.05) is 0 Å². The second kappa shape index (κ2) is 3.63. The van der Waals surface area contributed by atoms with Crippen molar-refractivity contribution in [1.82, 2.24) is 9.55 Å². The van der Waals surface area contributed by atoms with Crippen LogP contribution in [-0.2, 0) is 13.0 Å². The molecule has 0 radical (unpaired) electrons. The van der Waals surface area contributed by atoms with E-state index in [2.05, 4.69) is 4.98 Å². The molecular formula is C12H11FN2O2. The highest BCUT2D eigenvalue weighted by molar-refractivity contribution is 5.78. The molecule has 0 bridgehead atoms. The Hall–Kier alpha value is -1.75. The lowest BCUT2D eigenvalue weighted by atomic mass is 10.1. The highest BCUT2D eigenvalue weighted by Gasteiger charge is 2.19. The predicted molar refractivity (Wildman–Crippen MR) is 60.3 cm³/mol. The Labute approximate surface area is 96.3 Å². The van der Waals surface area contributed by atoms with Gasteiger partial charge in [-0.25, -0.2) is 4.39 Å². The summed E-state index contributed by atoms with van der Waals surface area (Å²) in [7, 11) is 0. The third-order valence-electron chi connectivity index (χ3n) is 3.12. The Morgan fingerprint density at radius 3 is 3.12 bits per heavy atom. The van der Waals surface area contributed by atoms with E-state index >= 15 is 0 Å². The van der Waals surface area contributed by atoms with Crippen LogP contribution in [0.4, 0.5) is 4.39 Å². The Balaban J connectivity index is 2.38. The molecule has 88 valence electrons. The minimum Gasteiger partial charge on any atom is -0.391 e. The average molecular weight is 234 g/mol. The van der Waals surface area contributed by atoms with Crippen molar-refractivity contribution in [1.29, 1.82) is 0 Å². The van der Waals surface area contributed by atoms with E-state index in [4.69, 9.17) is 0 Å². The van der Waals surface area contributed by atoms with Gasteiger partial charge in [0.05, 0.1) is 23.6 Å². The molecule has 0 saturated heterocycles. The first-order valence-corrected chi connectivity index (χ1v) is 5.52. The van der Waals surface area contributed by atoms with Gasteiger partial charge in [-0.15, -0.1) is 0 Å². The molecule has 2 heterocycles. The number of rotatable bonds is 0. The second-order valence-electron chi connectivity index (χ2n) is 4.30. The molecule has 4 nitrogen and oxygen atoms in total. The quantitative estimate of drug-likeness (QED) is 0.735. The SMILES string of the molecule is O=c1nc2n(c3cc(F)ccc13)CC(O)CC2. The molecule has 17 heavy (non-hydrogen) atoms. The van der Waals surface area contributed by atoms with Crippen molar-refractivity contribution in [2.24, 2.45) is 0 Å². The van der Waals surface area contributed by atoms with E-state index in [-0.39, 0.29) is 5.56 Å². The van der Waals surface area contributed by atoms with E-state index in [1.54, 1.807) is 4.57 Å². The zero-order chi connectivity index (χ0) is 12.0. The van der Waals surface area contributed by atoms with E-state index < -0.39 is 11.9 Å². The number of aryl methyl sites for hydroxylation is 1. The molecule has 1 aliphatic heterocycles. The molecule has 1 atom stereocenters. The summed E-state index contributed by atoms with van der Waals surface area (Å²) in [5.74, 6) is 0.233. The maximum absolute atomic E-state index is 13.2. The number of benzene rings is 1. The number of nitrogens with zero attached hydrogens (tertiary/aromatic N) is 2. The van der Waals surface area contributed by atoms with Crippen molar-refractivity contribution in [2.45, 2.75) is 25.5 Å². The molecule has 1 unspecified atom stereocenters. The van der Waals surface area contributed by atoms with Crippen LogP contribution in [0, 0.1) is 5.82 Å². The minimum absolute atomic E-state index is 0.331. The van der Waals surface area contributed by atoms with Crippen LogP contribution in [0.15, 0.2) is 23.0 Å². The molecule has 1 N–H and O–H groups in total. The van der Waals surface area contributed by atoms with Gasteiger partial charge in [0.15, 0.2) is 0 Å². The fraction of sp³-hybridized carbons (Fsp3) is 0.333. The Morgan fingerprint density at radius 1 is 1.47 bits per heavy atom. The number of aromatic nitrogens is 2. The summed E-state index contributed by atoms with van der Waals surface area (Å²) in [5.41, 5.74) is 0.182. The van der Waals surface area contributed by atoms with E-state index in [1.807, 2.05) is 0 Å². The summed E-state index contributed by atoms with van der Waals surface area (Å²) in [6.45, 7) is 0.364. The lowest BCUT2D eigenvalue weighted by Crippen LogP contribution is -2.29. The van der Waals surface area contributed by atoms with Gasteiger partial charge in [0.25, 0.3) is 5.56 Å². The van der Waals surface area contributed by atoms with E-state index in [0.29, 0.717) is 36.1 Å². The van der Waals surface area contributed by atoms with Crippen LogP contribution < -0.4 is 5.56 Å². The van der Waals surface area contributed by atoms with Gasteiger partial charge in [-0.3, -0.25) is 4.79 Å². The smallest absolute Gasteiger partial charge is 0.280 e. The van der Waals surface area contributed by atoms with Crippen molar-refractivity contribution < 1.29 is 9.50 Å². The van der Waals surface area contributed by atoms with Crippen molar-refractivity contribution in [3.63, 3.8) is 0 Å². The molecule has 1 aromatic carbocycles. The Morgan fingerprint density at radius 2 is 2.29 bits per heavy atom. The summed E-state index contributed by atoms with van der Waals surface area (Å²) >= 11 is 0. The first kappa shape index (κ1) is 10.4. The normalized spacial score (nSPS) is 19.3. The third kappa shape index (κ3) is 1.63. The van der Waals surface area contributed by atoms with Gasteiger partial charge in [-0.2, -0.15) is 4.98 Å². The number of hydrogen-bond donors (Lipinski definition) is 1. The highest BCUT2D eigenvalue weighted by atomic mass is 19.1. The summed E-state index contributed by atoms with van der Waals surface area (Å²) < 4.78 is 15.0. The van der Waals surface area contributed by atoms with Crippen LogP contribution in [0.2, 0.25) is 0 Å². The standard InChI is InChI=1S/C12H11FN2O2/c13-7-1-3-9-10(5-7)15-6-8(16)2-4-11(15)14-12(9)17/h1,3,5,8,16H,2,4,6H2. The first-order chi connectivity index (χ1) is 8.15. The number of aliphatic hydroxyl groups is 1. The van der Waals surface area contributed by atoms with Gasteiger partial charge in [0.1, 0.15) is 11.6 Å². The first-order valence-electron chi connectivity index (χ1n) is 5.52. The van der Waals surface area contributed by atoms with Crippen molar-refractivity contribution in [2.75, 3.05) is 0 Å². The van der Waals surface area contributed by atoms with Crippen LogP contribution >= 0.6 is 0 Å². The zero-order valence-corrected chi connectivity index (χ0v) is 9.06. The van der Waals surface area contributed by atoms with Gasteiger partial charge >= 0.3 is 0 Å². The molecule has 5 heteroatoms. The summed E-state index contributed by atoms with van der Waals surface area (Å²) in [4.78, 5) is 15.7. The zero-order valence-electron chi connectivity index (χ0n) is 9.06. The van der Waals surface area contributed by atoms with Gasteiger partial charge in [-0.05, 0) is 24.6 Å². The molecular weight excluding hydrogens is 223 g/mol. The summed E-state index contributed by atoms with van der Waals surface area (Å²) in [6.07, 6.45) is 0.675. The molecule has 0 amide bonds. The lowest BCUT2D eigenvalue weighted by Gasteiger charge is -2.23. The Bertz CT molecular complexity index is 651. The molecule has 0 saturated carbocycles. The fourth-order valence-corrected chi connectivity index (χ4v) is 2.28. The minimum atomic E-state index is -0.460. The maximum Gasteiger partial charge on any atom is 0.280 e. The third-order valence-corrected chi connectivity index (χ3v) is 3.12. The second-order valence-corrected chi connectivity index (χ2v) is 4.30. The van der Waals surface area contributed by atoms with Crippen LogP contribution in [0.3, 0.4) is 0 Å². The fourth-order valence-electron chi connectivity index (χ4n) is 2.28. The molecule has 3 rings (SSSR count). The molecule has 0 spiro atoms. The topological polar surface area (TPSA) is 55.1 Å². The van der Waals surface area contributed by atoms with Crippen LogP contribution in [0.5, 0.6) is 0 Å². The highest BCUT2D eigenvalue weighted by Crippen LogP contribution is 2.19. The summed E-state index contributed by atoms with van der Waals surface area (Å²) in [5, 5.41) is 10.0. The molecule has 0 aliphatic carbocycles. The van der Waals surface area contributed by atoms with Crippen molar-refractivity contribution in [3.8, 4) is 0 Å². The van der Waals surface area contributed by atoms with E-state index in [1.165, 1.54) is 18.2 Å². The van der Waals surface area contributed by atoms with Crippen LogP contribution in [0.25, 0.3) is 10.9 Å². The van der Waals surface area contributed by atoms with Crippen LogP contribution in [-0.4, -0.2) is 20.8 Å². The number of fused-ring (bicyclic) bond motifs is 3. The average Bonchev–Trinajstić information content (AvgIpc) is 2.30. The van der Waals surface area contributed by atoms with Gasteiger partial charge in [0.2, 0.25) is 0 Å². The number of halogens is 1. The number of aliphatic hydroxyl groups excluding tert-OH is 1. The van der Waals surface area contributed by atoms with E-state index in [0.717, 1.165) is 0 Å². The van der Waals surface area contributed by atoms with Crippen molar-refractivity contribution in [3.05, 3.63) is 40.2 Å². The number of hydrogen-bond acceptors (Lipinski definition) is 3. The predicted octanol–water partition coefficient (Wildman–Crippen LogP) is 0.843. The molecule has 0 fully saturated rings. The van der Waals surface area contributed by atoms with Gasteiger partial charge in [0, 0.05) is 6.42 Å². The van der Waals surface area contributed by atoms with Crippen molar-refractivity contribution >= 4 is 10.9 Å². The Kier molecular flexibility index (Phi) is 2.22. The van der Waals surface area contributed by atoms with Crippen LogP contribution in [0.1, 0.15) is 12.2 Å². The lowest BCUT2D eigenvalue weighted by molar-refractivity contribution is 0.131. The van der Waals surface area contributed by atoms with Gasteiger partial charge < -0.3 is 9.67 Å².